The average Bonchev–Trinajstić information content (AvgIpc) is 2.32. The molecular formula is C13H18N2S. The van der Waals surface area contributed by atoms with E-state index in [1.165, 1.54) is 10.5 Å². The fraction of sp³-hybridized carbons (Fsp3) is 0.385. The van der Waals surface area contributed by atoms with Crippen molar-refractivity contribution in [3.8, 4) is 11.8 Å². The maximum atomic E-state index is 5.52. The summed E-state index contributed by atoms with van der Waals surface area (Å²) in [6, 6.07) is 8.60. The summed E-state index contributed by atoms with van der Waals surface area (Å²) >= 11 is 1.84. The Labute approximate surface area is 102 Å². The van der Waals surface area contributed by atoms with Crippen LogP contribution < -0.4 is 11.3 Å². The van der Waals surface area contributed by atoms with E-state index >= 15 is 0 Å². The van der Waals surface area contributed by atoms with E-state index in [0.717, 1.165) is 12.2 Å². The largest absolute Gasteiger partial charge is 0.271 e. The highest BCUT2D eigenvalue weighted by Gasteiger charge is 2.07. The molecule has 1 aromatic rings. The third-order valence-corrected chi connectivity index (χ3v) is 3.17. The fourth-order valence-electron chi connectivity index (χ4n) is 1.44. The van der Waals surface area contributed by atoms with E-state index in [1.54, 1.807) is 0 Å². The zero-order chi connectivity index (χ0) is 11.8. The normalized spacial score (nSPS) is 11.7. The summed E-state index contributed by atoms with van der Waals surface area (Å²) in [5.74, 6) is 12.5. The van der Waals surface area contributed by atoms with Crippen LogP contribution in [0.5, 0.6) is 0 Å². The molecule has 0 aromatic heterocycles. The maximum absolute atomic E-state index is 5.52. The minimum Gasteiger partial charge on any atom is -0.271 e. The van der Waals surface area contributed by atoms with Crippen LogP contribution in [0, 0.1) is 11.8 Å². The number of hydrogen-bond donors (Lipinski definition) is 2. The standard InChI is InChI=1S/C13H18N2S/c1-3-5-6-13(15-14)11-7-9-12(10-8-11)16-4-2/h7-10,13,15H,4,6,14H2,1-2H3. The summed E-state index contributed by atoms with van der Waals surface area (Å²) in [4.78, 5) is 1.29. The highest BCUT2D eigenvalue weighted by Crippen LogP contribution is 2.21. The molecule has 0 spiro atoms. The van der Waals surface area contributed by atoms with Crippen molar-refractivity contribution in [2.75, 3.05) is 5.75 Å². The molecule has 1 atom stereocenters. The molecule has 0 heterocycles. The van der Waals surface area contributed by atoms with Gasteiger partial charge in [0.1, 0.15) is 0 Å². The molecule has 0 aliphatic heterocycles. The summed E-state index contributed by atoms with van der Waals surface area (Å²) in [6.07, 6.45) is 0.743. The van der Waals surface area contributed by atoms with Gasteiger partial charge in [-0.25, -0.2) is 0 Å². The Hall–Kier alpha value is -0.950. The summed E-state index contributed by atoms with van der Waals surface area (Å²) in [5.41, 5.74) is 3.98. The molecule has 0 bridgehead atoms. The van der Waals surface area contributed by atoms with Gasteiger partial charge in [0, 0.05) is 11.3 Å². The number of hydrogen-bond acceptors (Lipinski definition) is 3. The van der Waals surface area contributed by atoms with Gasteiger partial charge in [-0.3, -0.25) is 11.3 Å². The fourth-order valence-corrected chi connectivity index (χ4v) is 2.10. The lowest BCUT2D eigenvalue weighted by Crippen LogP contribution is -2.27. The van der Waals surface area contributed by atoms with Crippen LogP contribution in [-0.4, -0.2) is 5.75 Å². The van der Waals surface area contributed by atoms with E-state index in [4.69, 9.17) is 5.84 Å². The quantitative estimate of drug-likeness (QED) is 0.356. The Kier molecular flexibility index (Phi) is 6.02. The smallest absolute Gasteiger partial charge is 0.0569 e. The number of rotatable bonds is 5. The van der Waals surface area contributed by atoms with Crippen molar-refractivity contribution in [3.63, 3.8) is 0 Å². The molecule has 1 unspecified atom stereocenters. The highest BCUT2D eigenvalue weighted by molar-refractivity contribution is 7.99. The number of hydrazine groups is 1. The van der Waals surface area contributed by atoms with Crippen LogP contribution in [0.15, 0.2) is 29.2 Å². The monoisotopic (exact) mass is 234 g/mol. The molecule has 2 nitrogen and oxygen atoms in total. The lowest BCUT2D eigenvalue weighted by Gasteiger charge is -2.13. The van der Waals surface area contributed by atoms with Gasteiger partial charge >= 0.3 is 0 Å². The van der Waals surface area contributed by atoms with Gasteiger partial charge in [0.05, 0.1) is 6.04 Å². The molecule has 86 valence electrons. The van der Waals surface area contributed by atoms with Gasteiger partial charge in [0.15, 0.2) is 0 Å². The van der Waals surface area contributed by atoms with E-state index in [9.17, 15) is 0 Å². The minimum atomic E-state index is 0.119. The predicted molar refractivity (Wildman–Crippen MR) is 71.0 cm³/mol. The van der Waals surface area contributed by atoms with Crippen LogP contribution in [0.3, 0.4) is 0 Å². The molecule has 0 fully saturated rings. The minimum absolute atomic E-state index is 0.119. The lowest BCUT2D eigenvalue weighted by atomic mass is 10.1. The van der Waals surface area contributed by atoms with Crippen molar-refractivity contribution in [1.82, 2.24) is 5.43 Å². The van der Waals surface area contributed by atoms with Gasteiger partial charge in [-0.1, -0.05) is 19.1 Å². The Balaban J connectivity index is 2.72. The first-order valence-corrected chi connectivity index (χ1v) is 6.38. The average molecular weight is 234 g/mol. The van der Waals surface area contributed by atoms with Crippen molar-refractivity contribution in [2.24, 2.45) is 5.84 Å². The first kappa shape index (κ1) is 13.1. The van der Waals surface area contributed by atoms with Gasteiger partial charge < -0.3 is 0 Å². The molecule has 3 N–H and O–H groups in total. The topological polar surface area (TPSA) is 38.0 Å². The second-order valence-electron chi connectivity index (χ2n) is 3.35. The molecule has 0 saturated heterocycles. The maximum Gasteiger partial charge on any atom is 0.0569 e. The first-order chi connectivity index (χ1) is 7.81. The molecule has 0 amide bonds. The van der Waals surface area contributed by atoms with E-state index in [-0.39, 0.29) is 6.04 Å². The van der Waals surface area contributed by atoms with Gasteiger partial charge in [-0.2, -0.15) is 0 Å². The molecule has 0 aliphatic rings. The molecule has 0 radical (unpaired) electrons. The summed E-state index contributed by atoms with van der Waals surface area (Å²) in [6.45, 7) is 3.99. The van der Waals surface area contributed by atoms with Crippen molar-refractivity contribution < 1.29 is 0 Å². The zero-order valence-corrected chi connectivity index (χ0v) is 10.6. The van der Waals surface area contributed by atoms with Gasteiger partial charge in [0.25, 0.3) is 0 Å². The van der Waals surface area contributed by atoms with Crippen LogP contribution in [0.1, 0.15) is 31.9 Å². The number of nitrogens with two attached hydrogens (primary N) is 1. The Morgan fingerprint density at radius 2 is 2.06 bits per heavy atom. The Bertz CT molecular complexity index is 362. The van der Waals surface area contributed by atoms with Crippen LogP contribution >= 0.6 is 11.8 Å². The molecule has 3 heteroatoms. The van der Waals surface area contributed by atoms with Crippen molar-refractivity contribution in [2.45, 2.75) is 31.2 Å². The van der Waals surface area contributed by atoms with E-state index in [0.29, 0.717) is 0 Å². The third kappa shape index (κ3) is 3.90. The van der Waals surface area contributed by atoms with Crippen LogP contribution in [0.25, 0.3) is 0 Å². The van der Waals surface area contributed by atoms with Gasteiger partial charge in [-0.05, 0) is 30.4 Å². The molecule has 0 saturated carbocycles. The van der Waals surface area contributed by atoms with Gasteiger partial charge in [-0.15, -0.1) is 23.6 Å². The summed E-state index contributed by atoms with van der Waals surface area (Å²) in [7, 11) is 0. The highest BCUT2D eigenvalue weighted by atomic mass is 32.2. The van der Waals surface area contributed by atoms with Crippen molar-refractivity contribution >= 4 is 11.8 Å². The molecular weight excluding hydrogens is 216 g/mol. The van der Waals surface area contributed by atoms with Crippen LogP contribution in [-0.2, 0) is 0 Å². The van der Waals surface area contributed by atoms with Crippen LogP contribution in [0.2, 0.25) is 0 Å². The number of thioether (sulfide) groups is 1. The number of benzene rings is 1. The van der Waals surface area contributed by atoms with Crippen LogP contribution in [0.4, 0.5) is 0 Å². The molecule has 1 rings (SSSR count). The second-order valence-corrected chi connectivity index (χ2v) is 4.69. The molecule has 1 aromatic carbocycles. The lowest BCUT2D eigenvalue weighted by molar-refractivity contribution is 0.567. The van der Waals surface area contributed by atoms with Crippen molar-refractivity contribution in [1.29, 1.82) is 0 Å². The summed E-state index contributed by atoms with van der Waals surface area (Å²) in [5, 5.41) is 0. The first-order valence-electron chi connectivity index (χ1n) is 5.40. The van der Waals surface area contributed by atoms with Crippen molar-refractivity contribution in [3.05, 3.63) is 29.8 Å². The Morgan fingerprint density at radius 3 is 2.56 bits per heavy atom. The second kappa shape index (κ2) is 7.34. The SMILES string of the molecule is CC#CCC(NN)c1ccc(SCC)cc1. The Morgan fingerprint density at radius 1 is 1.38 bits per heavy atom. The van der Waals surface area contributed by atoms with E-state index in [2.05, 4.69) is 48.5 Å². The molecule has 0 aliphatic carbocycles. The third-order valence-electron chi connectivity index (χ3n) is 2.28. The zero-order valence-electron chi connectivity index (χ0n) is 9.79. The van der Waals surface area contributed by atoms with E-state index < -0.39 is 0 Å². The number of nitrogens with one attached hydrogen (secondary N) is 1. The molecule has 16 heavy (non-hydrogen) atoms. The summed E-state index contributed by atoms with van der Waals surface area (Å²) < 4.78 is 0. The van der Waals surface area contributed by atoms with E-state index in [1.807, 2.05) is 18.7 Å². The predicted octanol–water partition coefficient (Wildman–Crippen LogP) is 2.72. The van der Waals surface area contributed by atoms with Gasteiger partial charge in [0.2, 0.25) is 0 Å².